The maximum absolute atomic E-state index is 13.0. The average Bonchev–Trinajstić information content (AvgIpc) is 2.81. The van der Waals surface area contributed by atoms with E-state index in [0.717, 1.165) is 20.1 Å². The van der Waals surface area contributed by atoms with Crippen LogP contribution >= 0.6 is 44.1 Å². The number of thiocarbonyl (C=S) groups is 1. The highest BCUT2D eigenvalue weighted by Crippen LogP contribution is 2.37. The molecule has 0 bridgehead atoms. The van der Waals surface area contributed by atoms with Gasteiger partial charge in [0.05, 0.1) is 17.2 Å². The molecule has 0 aliphatic heterocycles. The Balaban J connectivity index is 0.000000434. The van der Waals surface area contributed by atoms with Gasteiger partial charge >= 0.3 is 11.9 Å². The van der Waals surface area contributed by atoms with Crippen molar-refractivity contribution in [2.24, 2.45) is 16.6 Å². The first-order chi connectivity index (χ1) is 19.5. The molecule has 0 aliphatic rings. The van der Waals surface area contributed by atoms with Crippen LogP contribution in [0.2, 0.25) is 0 Å². The number of hydrogen-bond acceptors (Lipinski definition) is 6. The van der Waals surface area contributed by atoms with Crippen LogP contribution in [0.5, 0.6) is 0 Å². The smallest absolute Gasteiger partial charge is 0.336 e. The van der Waals surface area contributed by atoms with Gasteiger partial charge in [0.2, 0.25) is 0 Å². The molecule has 0 saturated carbocycles. The molecule has 0 aliphatic carbocycles. The van der Waals surface area contributed by atoms with Gasteiger partial charge in [0.25, 0.3) is 0 Å². The first-order valence-corrected chi connectivity index (χ1v) is 16.5. The number of esters is 2. The van der Waals surface area contributed by atoms with Crippen LogP contribution < -0.4 is 11.1 Å². The lowest BCUT2D eigenvalue weighted by Crippen LogP contribution is -2.54. The summed E-state index contributed by atoms with van der Waals surface area (Å²) in [6.45, 7) is 21.7. The van der Waals surface area contributed by atoms with Crippen molar-refractivity contribution in [1.82, 2.24) is 5.32 Å². The maximum atomic E-state index is 13.0. The summed E-state index contributed by atoms with van der Waals surface area (Å²) in [4.78, 5) is 26.1. The molecule has 2 aromatic rings. The minimum Gasteiger partial charge on any atom is -0.461 e. The second-order valence-electron chi connectivity index (χ2n) is 14.0. The summed E-state index contributed by atoms with van der Waals surface area (Å²) in [5.41, 5.74) is 5.79. The predicted molar refractivity (Wildman–Crippen MR) is 188 cm³/mol. The Morgan fingerprint density at radius 1 is 0.744 bits per heavy atom. The Morgan fingerprint density at radius 2 is 1.12 bits per heavy atom. The number of benzene rings is 2. The van der Waals surface area contributed by atoms with Crippen molar-refractivity contribution in [3.8, 4) is 0 Å². The van der Waals surface area contributed by atoms with Crippen LogP contribution in [0.15, 0.2) is 57.5 Å². The van der Waals surface area contributed by atoms with Gasteiger partial charge in [-0.05, 0) is 93.7 Å². The third-order valence-electron chi connectivity index (χ3n) is 6.09. The molecule has 43 heavy (non-hydrogen) atoms. The van der Waals surface area contributed by atoms with Gasteiger partial charge in [0, 0.05) is 8.95 Å². The van der Waals surface area contributed by atoms with Crippen molar-refractivity contribution in [2.75, 3.05) is 0 Å². The zero-order valence-electron chi connectivity index (χ0n) is 27.6. The van der Waals surface area contributed by atoms with Crippen molar-refractivity contribution in [3.05, 3.63) is 68.6 Å². The number of carbonyl (C=O) groups is 2. The largest absolute Gasteiger partial charge is 0.461 e. The van der Waals surface area contributed by atoms with E-state index < -0.39 is 11.1 Å². The van der Waals surface area contributed by atoms with E-state index in [-0.39, 0.29) is 35.0 Å². The molecule has 3 N–H and O–H groups in total. The van der Waals surface area contributed by atoms with Crippen molar-refractivity contribution >= 4 is 61.0 Å². The summed E-state index contributed by atoms with van der Waals surface area (Å²) >= 11 is 12.1. The lowest BCUT2D eigenvalue weighted by Gasteiger charge is -2.38. The Bertz CT molecular complexity index is 1220. The van der Waals surface area contributed by atoms with Gasteiger partial charge < -0.3 is 20.5 Å². The van der Waals surface area contributed by atoms with Crippen molar-refractivity contribution in [3.63, 3.8) is 0 Å². The molecule has 240 valence electrons. The fourth-order valence-electron chi connectivity index (χ4n) is 4.80. The molecule has 0 radical (unpaired) electrons. The quantitative estimate of drug-likeness (QED) is 0.196. The molecule has 9 heteroatoms. The van der Waals surface area contributed by atoms with Gasteiger partial charge in [0.15, 0.2) is 5.54 Å². The SMILES string of the molecule is CC(=S)N[C@@](CC(C)(C)C)(C(=O)OC(C)C)c1ccc(Br)cc1.CC(C)OC(=O)[C@@](N)(CC(C)(C)C)c1ccc(Br)cc1. The summed E-state index contributed by atoms with van der Waals surface area (Å²) < 4.78 is 12.9. The Labute approximate surface area is 281 Å². The lowest BCUT2D eigenvalue weighted by molar-refractivity contribution is -0.157. The summed E-state index contributed by atoms with van der Waals surface area (Å²) in [6.07, 6.45) is 0.722. The molecule has 2 rings (SSSR count). The molecule has 0 spiro atoms. The van der Waals surface area contributed by atoms with Gasteiger partial charge in [-0.15, -0.1) is 0 Å². The van der Waals surface area contributed by atoms with E-state index >= 15 is 0 Å². The second kappa shape index (κ2) is 16.0. The van der Waals surface area contributed by atoms with Crippen LogP contribution in [-0.2, 0) is 30.1 Å². The maximum Gasteiger partial charge on any atom is 0.336 e. The fourth-order valence-corrected chi connectivity index (χ4v) is 5.50. The highest BCUT2D eigenvalue weighted by Gasteiger charge is 2.45. The average molecular weight is 743 g/mol. The zero-order valence-corrected chi connectivity index (χ0v) is 31.6. The van der Waals surface area contributed by atoms with E-state index in [1.54, 1.807) is 6.92 Å². The standard InChI is InChI=1S/C18H26BrNO2S.C16H24BrNO2/c1-12(2)22-16(21)18(20-13(3)23,11-17(4,5)6)14-7-9-15(19)10-8-14;1-11(2)20-14(19)16(18,10-15(3,4)5)12-6-8-13(17)9-7-12/h7-10,12H,11H2,1-6H3,(H,20,23);6-9,11H,10,18H2,1-5H3/t18-;16-/m11/s1. The van der Waals surface area contributed by atoms with E-state index in [9.17, 15) is 9.59 Å². The first kappa shape index (κ1) is 39.2. The van der Waals surface area contributed by atoms with Crippen molar-refractivity contribution < 1.29 is 19.1 Å². The van der Waals surface area contributed by atoms with Gasteiger partial charge in [0.1, 0.15) is 5.54 Å². The van der Waals surface area contributed by atoms with E-state index in [1.165, 1.54) is 0 Å². The van der Waals surface area contributed by atoms with Crippen LogP contribution in [0.4, 0.5) is 0 Å². The first-order valence-electron chi connectivity index (χ1n) is 14.5. The highest BCUT2D eigenvalue weighted by molar-refractivity contribution is 9.10. The van der Waals surface area contributed by atoms with Gasteiger partial charge in [-0.3, -0.25) is 0 Å². The third-order valence-corrected chi connectivity index (χ3v) is 7.25. The van der Waals surface area contributed by atoms with Crippen molar-refractivity contribution in [1.29, 1.82) is 0 Å². The van der Waals surface area contributed by atoms with Crippen LogP contribution in [0.25, 0.3) is 0 Å². The van der Waals surface area contributed by atoms with E-state index in [2.05, 4.69) is 78.7 Å². The Hall–Kier alpha value is -1.81. The molecule has 0 unspecified atom stereocenters. The molecule has 2 atom stereocenters. The van der Waals surface area contributed by atoms with Crippen LogP contribution in [-0.4, -0.2) is 29.1 Å². The minimum atomic E-state index is -1.12. The third kappa shape index (κ3) is 13.0. The molecule has 0 amide bonds. The number of ether oxygens (including phenoxy) is 2. The highest BCUT2D eigenvalue weighted by atomic mass is 79.9. The second-order valence-corrected chi connectivity index (χ2v) is 16.4. The van der Waals surface area contributed by atoms with Gasteiger partial charge in [-0.2, -0.15) is 0 Å². The molecule has 0 aromatic heterocycles. The van der Waals surface area contributed by atoms with E-state index in [1.807, 2.05) is 76.2 Å². The van der Waals surface area contributed by atoms with Gasteiger partial charge in [-0.1, -0.05) is 110 Å². The molecular formula is C34H50Br2N2O4S. The number of rotatable bonds is 9. The molecule has 0 fully saturated rings. The Kier molecular flexibility index (Phi) is 14.6. The van der Waals surface area contributed by atoms with Crippen LogP contribution in [0.3, 0.4) is 0 Å². The molecule has 6 nitrogen and oxygen atoms in total. The molecule has 0 saturated heterocycles. The van der Waals surface area contributed by atoms with Crippen molar-refractivity contribution in [2.45, 2.75) is 112 Å². The molecule has 0 heterocycles. The number of nitrogens with one attached hydrogen (secondary N) is 1. The fraction of sp³-hybridized carbons (Fsp3) is 0.559. The Morgan fingerprint density at radius 3 is 1.47 bits per heavy atom. The minimum absolute atomic E-state index is 0.0855. The monoisotopic (exact) mass is 740 g/mol. The summed E-state index contributed by atoms with van der Waals surface area (Å²) in [5.74, 6) is -0.668. The van der Waals surface area contributed by atoms with Crippen LogP contribution in [0, 0.1) is 10.8 Å². The summed E-state index contributed by atoms with van der Waals surface area (Å²) in [6, 6.07) is 15.2. The van der Waals surface area contributed by atoms with Gasteiger partial charge in [-0.25, -0.2) is 9.59 Å². The van der Waals surface area contributed by atoms with Crippen LogP contribution in [0.1, 0.15) is 100 Å². The van der Waals surface area contributed by atoms with E-state index in [4.69, 9.17) is 27.4 Å². The van der Waals surface area contributed by atoms with E-state index in [0.29, 0.717) is 17.8 Å². The predicted octanol–water partition coefficient (Wildman–Crippen LogP) is 8.96. The normalized spacial score (nSPS) is 14.6. The molecule has 2 aromatic carbocycles. The zero-order chi connectivity index (χ0) is 33.4. The molecular weight excluding hydrogens is 692 g/mol. The number of halogens is 2. The number of nitrogens with two attached hydrogens (primary N) is 1. The topological polar surface area (TPSA) is 90.6 Å². The lowest BCUT2D eigenvalue weighted by atomic mass is 9.75. The number of hydrogen-bond donors (Lipinski definition) is 2. The number of carbonyl (C=O) groups excluding carboxylic acids is 2. The summed E-state index contributed by atoms with van der Waals surface area (Å²) in [5, 5.41) is 3.23. The summed E-state index contributed by atoms with van der Waals surface area (Å²) in [7, 11) is 0.